The van der Waals surface area contributed by atoms with Gasteiger partial charge in [-0.15, -0.1) is 0 Å². The highest BCUT2D eigenvalue weighted by molar-refractivity contribution is 5.71. The van der Waals surface area contributed by atoms with Gasteiger partial charge in [0.15, 0.2) is 5.83 Å². The molecule has 0 N–H and O–H groups in total. The molecule has 0 bridgehead atoms. The van der Waals surface area contributed by atoms with Crippen LogP contribution in [0.4, 0.5) is 8.78 Å². The van der Waals surface area contributed by atoms with Crippen molar-refractivity contribution in [3.05, 3.63) is 113 Å². The molecule has 3 aromatic rings. The predicted molar refractivity (Wildman–Crippen MR) is 150 cm³/mol. The molecule has 0 aromatic heterocycles. The normalized spacial score (nSPS) is 19.8. The van der Waals surface area contributed by atoms with E-state index in [4.69, 9.17) is 0 Å². The van der Waals surface area contributed by atoms with Crippen molar-refractivity contribution in [3.63, 3.8) is 0 Å². The Morgan fingerprint density at radius 2 is 1.39 bits per heavy atom. The van der Waals surface area contributed by atoms with Crippen LogP contribution in [0, 0.1) is 11.8 Å². The van der Waals surface area contributed by atoms with Crippen molar-refractivity contribution in [2.75, 3.05) is 0 Å². The lowest BCUT2D eigenvalue weighted by Gasteiger charge is -2.27. The van der Waals surface area contributed by atoms with Crippen LogP contribution in [-0.2, 0) is 6.42 Å². The summed E-state index contributed by atoms with van der Waals surface area (Å²) < 4.78 is 29.7. The van der Waals surface area contributed by atoms with Gasteiger partial charge in [-0.25, -0.2) is 8.78 Å². The van der Waals surface area contributed by atoms with Gasteiger partial charge in [-0.3, -0.25) is 0 Å². The highest BCUT2D eigenvalue weighted by Crippen LogP contribution is 2.39. The van der Waals surface area contributed by atoms with Crippen molar-refractivity contribution in [2.45, 2.75) is 64.7 Å². The average molecular weight is 485 g/mol. The first-order valence-corrected chi connectivity index (χ1v) is 13.5. The van der Waals surface area contributed by atoms with Crippen LogP contribution < -0.4 is 0 Å². The van der Waals surface area contributed by atoms with Gasteiger partial charge < -0.3 is 0 Å². The van der Waals surface area contributed by atoms with Gasteiger partial charge in [0.25, 0.3) is 0 Å². The first-order valence-electron chi connectivity index (χ1n) is 13.5. The summed E-state index contributed by atoms with van der Waals surface area (Å²) >= 11 is 0. The highest BCUT2D eigenvalue weighted by atomic mass is 19.2. The van der Waals surface area contributed by atoms with Crippen LogP contribution in [0.3, 0.4) is 0 Å². The molecule has 0 amide bonds. The van der Waals surface area contributed by atoms with E-state index in [2.05, 4.69) is 74.5 Å². The third-order valence-corrected chi connectivity index (χ3v) is 7.63. The Balaban J connectivity index is 1.33. The number of hydrogen-bond acceptors (Lipinski definition) is 0. The molecule has 0 aliphatic heterocycles. The minimum atomic E-state index is -0.690. The van der Waals surface area contributed by atoms with E-state index in [9.17, 15) is 8.78 Å². The van der Waals surface area contributed by atoms with Crippen LogP contribution in [0.25, 0.3) is 18.0 Å². The molecule has 188 valence electrons. The number of benzene rings is 3. The minimum absolute atomic E-state index is 0.267. The number of halogens is 2. The molecule has 36 heavy (non-hydrogen) atoms. The number of rotatable bonds is 9. The van der Waals surface area contributed by atoms with Crippen molar-refractivity contribution >= 4 is 18.0 Å². The lowest BCUT2D eigenvalue weighted by atomic mass is 9.79. The van der Waals surface area contributed by atoms with Crippen LogP contribution >= 0.6 is 0 Å². The first kappa shape index (κ1) is 26.1. The average Bonchev–Trinajstić information content (AvgIpc) is 2.93. The zero-order valence-electron chi connectivity index (χ0n) is 21.6. The van der Waals surface area contributed by atoms with E-state index in [1.165, 1.54) is 24.0 Å². The molecule has 1 saturated carbocycles. The van der Waals surface area contributed by atoms with Crippen LogP contribution in [0.5, 0.6) is 0 Å². The summed E-state index contributed by atoms with van der Waals surface area (Å²) in [4.78, 5) is 0. The van der Waals surface area contributed by atoms with Crippen LogP contribution in [0.15, 0.2) is 84.7 Å². The lowest BCUT2D eigenvalue weighted by molar-refractivity contribution is 0.261. The third kappa shape index (κ3) is 7.03. The highest BCUT2D eigenvalue weighted by Gasteiger charge is 2.26. The Bertz CT molecular complexity index is 1130. The van der Waals surface area contributed by atoms with E-state index in [0.717, 1.165) is 43.2 Å². The molecule has 1 fully saturated rings. The summed E-state index contributed by atoms with van der Waals surface area (Å²) in [5, 5.41) is 0. The maximum atomic E-state index is 14.9. The molecule has 0 nitrogen and oxygen atoms in total. The Hall–Kier alpha value is -3.00. The van der Waals surface area contributed by atoms with Gasteiger partial charge in [0.1, 0.15) is 5.83 Å². The Labute approximate surface area is 215 Å². The standard InChI is InChI=1S/C34H38F2/c1-3-7-26-16-20-31(21-17-26)33(35)34(36)32-22-18-28(19-23-32)11-10-27-12-14-29(15-13-27)24-25(2)30-8-5-4-6-9-30/h4-6,8-15,18-19,22-23,25-26,31H,3,7,16-17,20-21,24H2,1-2H3/b11-10?,34-33+/t25-,26?,31?/m1/s1. The zero-order valence-corrected chi connectivity index (χ0v) is 21.6. The molecule has 4 rings (SSSR count). The molecule has 1 aliphatic carbocycles. The van der Waals surface area contributed by atoms with Crippen molar-refractivity contribution < 1.29 is 8.78 Å². The van der Waals surface area contributed by atoms with Gasteiger partial charge >= 0.3 is 0 Å². The van der Waals surface area contributed by atoms with E-state index < -0.39 is 11.7 Å². The molecule has 0 spiro atoms. The van der Waals surface area contributed by atoms with E-state index in [0.29, 0.717) is 17.4 Å². The Kier molecular flexibility index (Phi) is 9.28. The lowest BCUT2D eigenvalue weighted by Crippen LogP contribution is -2.15. The summed E-state index contributed by atoms with van der Waals surface area (Å²) in [6.07, 6.45) is 11.0. The second-order valence-corrected chi connectivity index (χ2v) is 10.4. The number of hydrogen-bond donors (Lipinski definition) is 0. The summed E-state index contributed by atoms with van der Waals surface area (Å²) in [5.74, 6) is -0.361. The van der Waals surface area contributed by atoms with Gasteiger partial charge in [0.2, 0.25) is 0 Å². The van der Waals surface area contributed by atoms with Gasteiger partial charge in [-0.1, -0.05) is 118 Å². The van der Waals surface area contributed by atoms with Crippen LogP contribution in [-0.4, -0.2) is 0 Å². The molecule has 0 heterocycles. The van der Waals surface area contributed by atoms with E-state index in [1.807, 2.05) is 18.2 Å². The molecular formula is C34H38F2. The topological polar surface area (TPSA) is 0 Å². The largest absolute Gasteiger partial charge is 0.208 e. The SMILES string of the molecule is CCCC1CCC(/C(F)=C(\F)c2ccc(C=Cc3ccc(C[C@@H](C)c4ccccc4)cc3)cc2)CC1. The fraction of sp³-hybridized carbons (Fsp3) is 0.353. The fourth-order valence-electron chi connectivity index (χ4n) is 5.38. The first-order chi connectivity index (χ1) is 17.5. The molecule has 1 aliphatic rings. The molecule has 0 unspecified atom stereocenters. The van der Waals surface area contributed by atoms with Crippen LogP contribution in [0.2, 0.25) is 0 Å². The molecule has 2 heteroatoms. The van der Waals surface area contributed by atoms with Crippen molar-refractivity contribution in [1.29, 1.82) is 0 Å². The van der Waals surface area contributed by atoms with Gasteiger partial charge in [-0.05, 0) is 66.2 Å². The quantitative estimate of drug-likeness (QED) is 0.265. The molecule has 0 saturated heterocycles. The second kappa shape index (κ2) is 12.8. The zero-order chi connectivity index (χ0) is 25.3. The minimum Gasteiger partial charge on any atom is -0.208 e. The van der Waals surface area contributed by atoms with Crippen molar-refractivity contribution in [1.82, 2.24) is 0 Å². The maximum Gasteiger partial charge on any atom is 0.162 e. The Morgan fingerprint density at radius 1 is 0.806 bits per heavy atom. The number of allylic oxidation sites excluding steroid dienone is 1. The van der Waals surface area contributed by atoms with Gasteiger partial charge in [0.05, 0.1) is 0 Å². The smallest absolute Gasteiger partial charge is 0.162 e. The van der Waals surface area contributed by atoms with E-state index in [-0.39, 0.29) is 5.92 Å². The van der Waals surface area contributed by atoms with E-state index in [1.54, 1.807) is 12.1 Å². The second-order valence-electron chi connectivity index (χ2n) is 10.4. The predicted octanol–water partition coefficient (Wildman–Crippen LogP) is 10.4. The summed E-state index contributed by atoms with van der Waals surface area (Å²) in [5.41, 5.74) is 5.09. The monoisotopic (exact) mass is 484 g/mol. The van der Waals surface area contributed by atoms with Gasteiger partial charge in [0, 0.05) is 11.5 Å². The van der Waals surface area contributed by atoms with E-state index >= 15 is 0 Å². The molecule has 0 radical (unpaired) electrons. The maximum absolute atomic E-state index is 14.9. The van der Waals surface area contributed by atoms with Crippen molar-refractivity contribution in [3.8, 4) is 0 Å². The molecular weight excluding hydrogens is 446 g/mol. The summed E-state index contributed by atoms with van der Waals surface area (Å²) in [6, 6.07) is 26.3. The summed E-state index contributed by atoms with van der Waals surface area (Å²) in [7, 11) is 0. The van der Waals surface area contributed by atoms with Gasteiger partial charge in [-0.2, -0.15) is 0 Å². The fourth-order valence-corrected chi connectivity index (χ4v) is 5.38. The molecule has 1 atom stereocenters. The van der Waals surface area contributed by atoms with Crippen LogP contribution in [0.1, 0.15) is 86.1 Å². The summed E-state index contributed by atoms with van der Waals surface area (Å²) in [6.45, 7) is 4.45. The molecule has 3 aromatic carbocycles. The van der Waals surface area contributed by atoms with Crippen molar-refractivity contribution in [2.24, 2.45) is 11.8 Å². The Morgan fingerprint density at radius 3 is 1.97 bits per heavy atom. The third-order valence-electron chi connectivity index (χ3n) is 7.63.